The minimum absolute atomic E-state index is 0.0511. The first-order valence-corrected chi connectivity index (χ1v) is 22.0. The summed E-state index contributed by atoms with van der Waals surface area (Å²) in [5.41, 5.74) is 5.41. The van der Waals surface area contributed by atoms with Gasteiger partial charge in [0.25, 0.3) is 0 Å². The molecule has 2 aliphatic rings. The summed E-state index contributed by atoms with van der Waals surface area (Å²) in [5.74, 6) is 0.164. The van der Waals surface area contributed by atoms with Gasteiger partial charge < -0.3 is 24.6 Å². The number of carbonyl (C=O) groups excluding carboxylic acids is 2. The number of ether oxygens (including phenoxy) is 2. The number of benzene rings is 5. The van der Waals surface area contributed by atoms with Crippen LogP contribution in [0.1, 0.15) is 35.1 Å². The van der Waals surface area contributed by atoms with Crippen LogP contribution in [-0.4, -0.2) is 84.8 Å². The van der Waals surface area contributed by atoms with Gasteiger partial charge in [-0.3, -0.25) is 9.69 Å². The van der Waals surface area contributed by atoms with Gasteiger partial charge in [0, 0.05) is 54.8 Å². The van der Waals surface area contributed by atoms with Crippen LogP contribution in [0.2, 0.25) is 5.02 Å². The number of hydrogen-bond acceptors (Lipinski definition) is 7. The van der Waals surface area contributed by atoms with E-state index in [-0.39, 0.29) is 24.2 Å². The molecule has 2 amide bonds. The molecule has 5 aromatic rings. The molecule has 0 radical (unpaired) electrons. The average Bonchev–Trinajstić information content (AvgIpc) is 3.28. The Morgan fingerprint density at radius 3 is 2.15 bits per heavy atom. The van der Waals surface area contributed by atoms with E-state index in [0.717, 1.165) is 74.4 Å². The van der Waals surface area contributed by atoms with Crippen LogP contribution in [0.4, 0.5) is 9.18 Å². The number of alkyl carbamates (subject to hydrolysis) is 1. The topological polar surface area (TPSA) is 74.3 Å². The Balaban J connectivity index is 0.979. The van der Waals surface area contributed by atoms with Gasteiger partial charge in [0.05, 0.1) is 0 Å². The van der Waals surface area contributed by atoms with E-state index in [9.17, 15) is 9.59 Å². The van der Waals surface area contributed by atoms with Crippen molar-refractivity contribution in [3.63, 3.8) is 0 Å². The van der Waals surface area contributed by atoms with Gasteiger partial charge in [-0.15, -0.1) is 11.8 Å². The fourth-order valence-electron chi connectivity index (χ4n) is 8.03. The third-order valence-corrected chi connectivity index (χ3v) is 12.4. The summed E-state index contributed by atoms with van der Waals surface area (Å²) >= 11 is 8.25. The van der Waals surface area contributed by atoms with Gasteiger partial charge in [-0.05, 0) is 109 Å². The number of rotatable bonds is 15. The van der Waals surface area contributed by atoms with E-state index in [1.807, 2.05) is 77.7 Å². The van der Waals surface area contributed by atoms with Crippen molar-refractivity contribution >= 4 is 35.4 Å². The number of halogens is 2. The predicted octanol–water partition coefficient (Wildman–Crippen LogP) is 9.34. The molecule has 5 aromatic carbocycles. The number of nitrogens with one attached hydrogen (secondary N) is 1. The van der Waals surface area contributed by atoms with Crippen LogP contribution < -0.4 is 10.1 Å². The molecular formula is C48H52ClFN4O4S. The molecule has 7 rings (SSSR count). The molecule has 1 atom stereocenters. The minimum Gasteiger partial charge on any atom is -0.489 e. The number of piperidine rings is 1. The normalized spacial score (nSPS) is 15.7. The number of hydrogen-bond donors (Lipinski definition) is 1. The van der Waals surface area contributed by atoms with E-state index in [1.165, 1.54) is 16.5 Å². The van der Waals surface area contributed by atoms with Crippen LogP contribution >= 0.6 is 23.4 Å². The Morgan fingerprint density at radius 2 is 1.44 bits per heavy atom. The second kappa shape index (κ2) is 20.9. The third-order valence-electron chi connectivity index (χ3n) is 11.4. The fourth-order valence-corrected chi connectivity index (χ4v) is 8.84. The molecule has 0 unspecified atom stereocenters. The van der Waals surface area contributed by atoms with Crippen LogP contribution in [0.5, 0.6) is 5.75 Å². The van der Waals surface area contributed by atoms with Crippen LogP contribution in [0.3, 0.4) is 0 Å². The van der Waals surface area contributed by atoms with Crippen molar-refractivity contribution < 1.29 is 23.5 Å². The van der Waals surface area contributed by atoms with Gasteiger partial charge in [0.15, 0.2) is 0 Å². The molecule has 308 valence electrons. The second-order valence-corrected chi connectivity index (χ2v) is 16.5. The van der Waals surface area contributed by atoms with Gasteiger partial charge in [-0.1, -0.05) is 96.5 Å². The maximum atomic E-state index is 15.4. The molecule has 0 spiro atoms. The van der Waals surface area contributed by atoms with E-state index in [0.29, 0.717) is 42.5 Å². The summed E-state index contributed by atoms with van der Waals surface area (Å²) in [7, 11) is 0. The summed E-state index contributed by atoms with van der Waals surface area (Å²) in [6, 6.07) is 37.7. The standard InChI is InChI=1S/C48H52ClFN4O4S/c1-59-45-15-9-8-14-39(45)32-53-26-28-54(29-27-53)47(55)46(51-48(56)58-34-36-12-6-3-7-13-36)37-20-23-52(24-21-37)25-22-38-30-40(49)16-18-42(38)43-31-41(17-19-44(43)50)57-33-35-10-4-2-5-11-35/h2-19,30-31,37,46H,20-29,32-34H2,1H3,(H,51,56)/t46-/m1/s1. The highest BCUT2D eigenvalue weighted by atomic mass is 35.5. The molecule has 11 heteroatoms. The lowest BCUT2D eigenvalue weighted by Crippen LogP contribution is -2.58. The molecule has 59 heavy (non-hydrogen) atoms. The molecular weight excluding hydrogens is 783 g/mol. The molecule has 0 saturated carbocycles. The van der Waals surface area contributed by atoms with E-state index < -0.39 is 12.1 Å². The van der Waals surface area contributed by atoms with Crippen molar-refractivity contribution in [3.05, 3.63) is 154 Å². The predicted molar refractivity (Wildman–Crippen MR) is 234 cm³/mol. The Bertz CT molecular complexity index is 2150. The van der Waals surface area contributed by atoms with Crippen LogP contribution in [-0.2, 0) is 35.7 Å². The first-order chi connectivity index (χ1) is 28.8. The molecule has 8 nitrogen and oxygen atoms in total. The van der Waals surface area contributed by atoms with Crippen molar-refractivity contribution in [1.29, 1.82) is 0 Å². The summed E-state index contributed by atoms with van der Waals surface area (Å²) < 4.78 is 27.1. The van der Waals surface area contributed by atoms with Gasteiger partial charge >= 0.3 is 6.09 Å². The van der Waals surface area contributed by atoms with Gasteiger partial charge in [0.2, 0.25) is 5.91 Å². The lowest BCUT2D eigenvalue weighted by atomic mass is 9.88. The minimum atomic E-state index is -0.692. The van der Waals surface area contributed by atoms with Crippen molar-refractivity contribution in [2.45, 2.75) is 50.0 Å². The van der Waals surface area contributed by atoms with Gasteiger partial charge in [0.1, 0.15) is 30.8 Å². The molecule has 2 heterocycles. The first-order valence-electron chi connectivity index (χ1n) is 20.4. The summed E-state index contributed by atoms with van der Waals surface area (Å²) in [6.45, 7) is 6.32. The number of amides is 2. The van der Waals surface area contributed by atoms with Gasteiger partial charge in [-0.25, -0.2) is 9.18 Å². The molecule has 0 aromatic heterocycles. The molecule has 0 aliphatic carbocycles. The maximum absolute atomic E-state index is 15.4. The second-order valence-electron chi connectivity index (χ2n) is 15.2. The third kappa shape index (κ3) is 11.7. The Labute approximate surface area is 356 Å². The maximum Gasteiger partial charge on any atom is 0.408 e. The highest BCUT2D eigenvalue weighted by Crippen LogP contribution is 2.33. The van der Waals surface area contributed by atoms with E-state index >= 15 is 4.39 Å². The molecule has 2 fully saturated rings. The van der Waals surface area contributed by atoms with Crippen molar-refractivity contribution in [1.82, 2.24) is 20.0 Å². The SMILES string of the molecule is CSc1ccccc1CN1CCN(C(=O)[C@H](NC(=O)OCc2ccccc2)C2CCN(CCc3cc(Cl)ccc3-c3cc(OCc4ccccc4)ccc3F)CC2)CC1. The molecule has 0 bridgehead atoms. The Kier molecular flexibility index (Phi) is 15.0. The summed E-state index contributed by atoms with van der Waals surface area (Å²) in [6.07, 6.45) is 3.64. The lowest BCUT2D eigenvalue weighted by Gasteiger charge is -2.40. The van der Waals surface area contributed by atoms with E-state index in [4.69, 9.17) is 21.1 Å². The number of likely N-dealkylation sites (tertiary alicyclic amines) is 1. The van der Waals surface area contributed by atoms with Crippen molar-refractivity contribution in [2.24, 2.45) is 5.92 Å². The Morgan fingerprint density at radius 1 is 0.763 bits per heavy atom. The largest absolute Gasteiger partial charge is 0.489 e. The fraction of sp³-hybridized carbons (Fsp3) is 0.333. The zero-order valence-electron chi connectivity index (χ0n) is 33.5. The highest BCUT2D eigenvalue weighted by molar-refractivity contribution is 7.98. The van der Waals surface area contributed by atoms with Crippen molar-refractivity contribution in [2.75, 3.05) is 52.1 Å². The molecule has 1 N–H and O–H groups in total. The van der Waals surface area contributed by atoms with E-state index in [2.05, 4.69) is 45.6 Å². The van der Waals surface area contributed by atoms with Crippen molar-refractivity contribution in [3.8, 4) is 16.9 Å². The van der Waals surface area contributed by atoms with E-state index in [1.54, 1.807) is 30.0 Å². The highest BCUT2D eigenvalue weighted by Gasteiger charge is 2.36. The summed E-state index contributed by atoms with van der Waals surface area (Å²) in [5, 5.41) is 3.60. The van der Waals surface area contributed by atoms with Crippen LogP contribution in [0.15, 0.2) is 126 Å². The quantitative estimate of drug-likeness (QED) is 0.106. The number of thioether (sulfide) groups is 1. The molecule has 2 aliphatic heterocycles. The number of nitrogens with zero attached hydrogens (tertiary/aromatic N) is 3. The van der Waals surface area contributed by atoms with Gasteiger partial charge in [-0.2, -0.15) is 0 Å². The van der Waals surface area contributed by atoms with Crippen LogP contribution in [0, 0.1) is 11.7 Å². The smallest absolute Gasteiger partial charge is 0.408 e. The zero-order valence-corrected chi connectivity index (χ0v) is 35.1. The average molecular weight is 835 g/mol. The monoisotopic (exact) mass is 834 g/mol. The first kappa shape index (κ1) is 42.3. The number of piperazine rings is 1. The number of carbonyl (C=O) groups is 2. The molecule has 2 saturated heterocycles. The van der Waals surface area contributed by atoms with Crippen LogP contribution in [0.25, 0.3) is 11.1 Å². The zero-order chi connectivity index (χ0) is 41.0. The Hall–Kier alpha value is -4.87. The summed E-state index contributed by atoms with van der Waals surface area (Å²) in [4.78, 5) is 35.5. The lowest BCUT2D eigenvalue weighted by molar-refractivity contribution is -0.137.